The molecular weight excluding hydrogens is 440 g/mol. The molecule has 7 nitrogen and oxygen atoms in total. The monoisotopic (exact) mass is 458 g/mol. The van der Waals surface area contributed by atoms with Gasteiger partial charge in [-0.15, -0.1) is 22.7 Å². The molecular formula is C20H18N4O3S3. The molecule has 3 heterocycles. The number of carbonyl (C=O) groups excluding carboxylic acids is 1. The summed E-state index contributed by atoms with van der Waals surface area (Å²) < 4.78 is 28.3. The van der Waals surface area contributed by atoms with Crippen molar-refractivity contribution >= 4 is 44.3 Å². The highest BCUT2D eigenvalue weighted by atomic mass is 32.2. The summed E-state index contributed by atoms with van der Waals surface area (Å²) in [5, 5.41) is 11.0. The molecule has 0 saturated carbocycles. The van der Waals surface area contributed by atoms with E-state index in [0.29, 0.717) is 29.8 Å². The van der Waals surface area contributed by atoms with Crippen LogP contribution in [0.25, 0.3) is 9.75 Å². The lowest BCUT2D eigenvalue weighted by atomic mass is 10.1. The highest BCUT2D eigenvalue weighted by Crippen LogP contribution is 2.33. The van der Waals surface area contributed by atoms with Crippen molar-refractivity contribution in [2.24, 2.45) is 0 Å². The highest BCUT2D eigenvalue weighted by Gasteiger charge is 2.35. The predicted molar refractivity (Wildman–Crippen MR) is 117 cm³/mol. The van der Waals surface area contributed by atoms with Gasteiger partial charge in [0, 0.05) is 28.5 Å². The lowest BCUT2D eigenvalue weighted by molar-refractivity contribution is -0.129. The standard InChI is InChI=1S/C20H18N4O3S3/c21-11-13-3-4-15(22)14(10-13)12-24-8-7-16(20(24)25)23-30(26,27)19-6-5-18(29-19)17-2-1-9-28-17/h1-6,9-10,16,23H,7-8,12,22H2/t16-/m0/s1. The summed E-state index contributed by atoms with van der Waals surface area (Å²) in [6.45, 7) is 0.646. The van der Waals surface area contributed by atoms with E-state index >= 15 is 0 Å². The summed E-state index contributed by atoms with van der Waals surface area (Å²) in [6, 6.07) is 13.3. The van der Waals surface area contributed by atoms with Crippen molar-refractivity contribution in [3.05, 3.63) is 59.0 Å². The van der Waals surface area contributed by atoms with E-state index in [1.165, 1.54) is 11.3 Å². The Morgan fingerprint density at radius 2 is 2.07 bits per heavy atom. The first-order chi connectivity index (χ1) is 14.4. The van der Waals surface area contributed by atoms with Gasteiger partial charge in [0.15, 0.2) is 0 Å². The Hall–Kier alpha value is -2.71. The summed E-state index contributed by atoms with van der Waals surface area (Å²) in [5.74, 6) is -0.296. The van der Waals surface area contributed by atoms with Crippen LogP contribution >= 0.6 is 22.7 Å². The highest BCUT2D eigenvalue weighted by molar-refractivity contribution is 7.91. The minimum Gasteiger partial charge on any atom is -0.398 e. The van der Waals surface area contributed by atoms with Crippen LogP contribution in [0.3, 0.4) is 0 Å². The van der Waals surface area contributed by atoms with Gasteiger partial charge in [0.1, 0.15) is 10.3 Å². The fourth-order valence-electron chi connectivity index (χ4n) is 3.28. The fourth-order valence-corrected chi connectivity index (χ4v) is 6.67. The summed E-state index contributed by atoms with van der Waals surface area (Å²) in [7, 11) is -3.80. The fraction of sp³-hybridized carbons (Fsp3) is 0.200. The second kappa shape index (κ2) is 8.20. The van der Waals surface area contributed by atoms with Crippen LogP contribution < -0.4 is 10.5 Å². The zero-order valence-corrected chi connectivity index (χ0v) is 18.2. The zero-order chi connectivity index (χ0) is 21.3. The number of thiophene rings is 2. The largest absolute Gasteiger partial charge is 0.398 e. The Labute approximate surface area is 182 Å². The SMILES string of the molecule is N#Cc1ccc(N)c(CN2CC[C@H](NS(=O)(=O)c3ccc(-c4cccs4)s3)C2=O)c1. The molecule has 3 aromatic rings. The average Bonchev–Trinajstić information content (AvgIpc) is 3.47. The summed E-state index contributed by atoms with van der Waals surface area (Å²) in [5.41, 5.74) is 7.59. The number of nitrogens with zero attached hydrogens (tertiary/aromatic N) is 2. The van der Waals surface area contributed by atoms with Crippen molar-refractivity contribution in [3.8, 4) is 15.8 Å². The van der Waals surface area contributed by atoms with Crippen LogP contribution in [0.1, 0.15) is 17.5 Å². The van der Waals surface area contributed by atoms with Crippen LogP contribution in [0.4, 0.5) is 5.69 Å². The maximum Gasteiger partial charge on any atom is 0.250 e. The maximum absolute atomic E-state index is 12.8. The van der Waals surface area contributed by atoms with Crippen molar-refractivity contribution in [2.75, 3.05) is 12.3 Å². The first kappa shape index (κ1) is 20.6. The van der Waals surface area contributed by atoms with Crippen LogP contribution in [0.5, 0.6) is 0 Å². The molecule has 4 rings (SSSR count). The number of nitrogens with one attached hydrogen (secondary N) is 1. The van der Waals surface area contributed by atoms with Crippen LogP contribution in [-0.4, -0.2) is 31.8 Å². The number of nitrogen functional groups attached to an aromatic ring is 1. The van der Waals surface area contributed by atoms with Gasteiger partial charge in [0.05, 0.1) is 11.6 Å². The Morgan fingerprint density at radius 3 is 2.80 bits per heavy atom. The lowest BCUT2D eigenvalue weighted by Crippen LogP contribution is -2.41. The molecule has 0 spiro atoms. The molecule has 3 N–H and O–H groups in total. The normalized spacial score (nSPS) is 16.7. The van der Waals surface area contributed by atoms with E-state index in [0.717, 1.165) is 9.75 Å². The molecule has 154 valence electrons. The number of amides is 1. The third-order valence-electron chi connectivity index (χ3n) is 4.84. The molecule has 1 aromatic carbocycles. The number of nitrogens with two attached hydrogens (primary N) is 1. The van der Waals surface area contributed by atoms with E-state index in [4.69, 9.17) is 11.0 Å². The van der Waals surface area contributed by atoms with Gasteiger partial charge in [-0.25, -0.2) is 8.42 Å². The van der Waals surface area contributed by atoms with E-state index in [-0.39, 0.29) is 16.7 Å². The average molecular weight is 459 g/mol. The summed E-state index contributed by atoms with van der Waals surface area (Å²) in [6.07, 6.45) is 0.374. The van der Waals surface area contributed by atoms with E-state index in [1.54, 1.807) is 46.6 Å². The molecule has 1 aliphatic rings. The number of hydrogen-bond donors (Lipinski definition) is 2. The van der Waals surface area contributed by atoms with Gasteiger partial charge in [-0.2, -0.15) is 9.98 Å². The first-order valence-electron chi connectivity index (χ1n) is 9.11. The molecule has 10 heteroatoms. The zero-order valence-electron chi connectivity index (χ0n) is 15.7. The topological polar surface area (TPSA) is 116 Å². The van der Waals surface area contributed by atoms with Gasteiger partial charge in [0.2, 0.25) is 5.91 Å². The van der Waals surface area contributed by atoms with Crippen LogP contribution in [-0.2, 0) is 21.4 Å². The van der Waals surface area contributed by atoms with Crippen LogP contribution in [0, 0.1) is 11.3 Å². The molecule has 0 radical (unpaired) electrons. The van der Waals surface area contributed by atoms with Crippen LogP contribution in [0.2, 0.25) is 0 Å². The Bertz CT molecular complexity index is 1230. The predicted octanol–water partition coefficient (Wildman–Crippen LogP) is 3.01. The first-order valence-corrected chi connectivity index (χ1v) is 12.3. The van der Waals surface area contributed by atoms with Crippen molar-refractivity contribution in [1.82, 2.24) is 9.62 Å². The number of sulfonamides is 1. The molecule has 0 unspecified atom stereocenters. The molecule has 2 aromatic heterocycles. The summed E-state index contributed by atoms with van der Waals surface area (Å²) in [4.78, 5) is 16.2. The van der Waals surface area contributed by atoms with Gasteiger partial charge in [-0.05, 0) is 53.8 Å². The van der Waals surface area contributed by atoms with Gasteiger partial charge in [-0.1, -0.05) is 6.07 Å². The van der Waals surface area contributed by atoms with Crippen molar-refractivity contribution in [1.29, 1.82) is 5.26 Å². The van der Waals surface area contributed by atoms with E-state index < -0.39 is 16.1 Å². The number of anilines is 1. The number of hydrogen-bond acceptors (Lipinski definition) is 7. The third kappa shape index (κ3) is 4.11. The second-order valence-corrected chi connectivity index (χ2v) is 10.8. The van der Waals surface area contributed by atoms with Crippen molar-refractivity contribution in [3.63, 3.8) is 0 Å². The number of carbonyl (C=O) groups is 1. The lowest BCUT2D eigenvalue weighted by Gasteiger charge is -2.18. The number of likely N-dealkylation sites (tertiary alicyclic amines) is 1. The second-order valence-electron chi connectivity index (χ2n) is 6.84. The molecule has 1 fully saturated rings. The molecule has 1 aliphatic heterocycles. The molecule has 0 bridgehead atoms. The molecule has 1 amide bonds. The molecule has 1 saturated heterocycles. The summed E-state index contributed by atoms with van der Waals surface area (Å²) >= 11 is 2.72. The molecule has 0 aliphatic carbocycles. The molecule has 1 atom stereocenters. The van der Waals surface area contributed by atoms with Crippen LogP contribution in [0.15, 0.2) is 52.1 Å². The number of rotatable bonds is 6. The van der Waals surface area contributed by atoms with Gasteiger partial charge in [0.25, 0.3) is 10.0 Å². The smallest absolute Gasteiger partial charge is 0.250 e. The van der Waals surface area contributed by atoms with Gasteiger partial charge in [-0.3, -0.25) is 4.79 Å². The third-order valence-corrected chi connectivity index (χ3v) is 8.95. The minimum absolute atomic E-state index is 0.183. The number of nitriles is 1. The van der Waals surface area contributed by atoms with Gasteiger partial charge >= 0.3 is 0 Å². The van der Waals surface area contributed by atoms with Crippen molar-refractivity contribution in [2.45, 2.75) is 23.2 Å². The van der Waals surface area contributed by atoms with E-state index in [1.807, 2.05) is 17.5 Å². The van der Waals surface area contributed by atoms with E-state index in [9.17, 15) is 13.2 Å². The number of benzene rings is 1. The van der Waals surface area contributed by atoms with Gasteiger partial charge < -0.3 is 10.6 Å². The molecule has 30 heavy (non-hydrogen) atoms. The quantitative estimate of drug-likeness (QED) is 0.551. The van der Waals surface area contributed by atoms with E-state index in [2.05, 4.69) is 10.8 Å². The minimum atomic E-state index is -3.80. The Kier molecular flexibility index (Phi) is 5.62. The maximum atomic E-state index is 12.8. The Morgan fingerprint density at radius 1 is 1.23 bits per heavy atom. The Balaban J connectivity index is 1.46. The van der Waals surface area contributed by atoms with Crippen molar-refractivity contribution < 1.29 is 13.2 Å².